The molecule has 0 saturated heterocycles. The second-order valence-electron chi connectivity index (χ2n) is 4.78. The largest absolute Gasteiger partial charge is 0.365 e. The molecule has 0 radical (unpaired) electrons. The third-order valence-electron chi connectivity index (χ3n) is 3.41. The third kappa shape index (κ3) is 2.89. The molecular weight excluding hydrogens is 208 g/mol. The van der Waals surface area contributed by atoms with Crippen molar-refractivity contribution in [3.05, 3.63) is 42.5 Å². The van der Waals surface area contributed by atoms with Crippen LogP contribution in [0.25, 0.3) is 0 Å². The van der Waals surface area contributed by atoms with Crippen LogP contribution in [-0.2, 0) is 0 Å². The summed E-state index contributed by atoms with van der Waals surface area (Å²) < 4.78 is 0. The highest BCUT2D eigenvalue weighted by molar-refractivity contribution is 5.50. The van der Waals surface area contributed by atoms with Gasteiger partial charge in [0.25, 0.3) is 0 Å². The van der Waals surface area contributed by atoms with E-state index in [1.165, 1.54) is 24.1 Å². The molecule has 1 atom stereocenters. The molecule has 17 heavy (non-hydrogen) atoms. The molecule has 0 amide bonds. The second kappa shape index (κ2) is 5.37. The predicted octanol–water partition coefficient (Wildman–Crippen LogP) is 3.25. The molecule has 92 valence electrons. The van der Waals surface area contributed by atoms with E-state index < -0.39 is 0 Å². The minimum Gasteiger partial charge on any atom is -0.365 e. The van der Waals surface area contributed by atoms with Crippen molar-refractivity contribution in [1.29, 1.82) is 0 Å². The van der Waals surface area contributed by atoms with E-state index in [2.05, 4.69) is 42.7 Å². The summed E-state index contributed by atoms with van der Waals surface area (Å²) in [6.45, 7) is 6.89. The zero-order valence-electron chi connectivity index (χ0n) is 10.6. The van der Waals surface area contributed by atoms with Gasteiger partial charge in [-0.15, -0.1) is 6.58 Å². The Bertz CT molecular complexity index is 365. The Morgan fingerprint density at radius 2 is 2.06 bits per heavy atom. The van der Waals surface area contributed by atoms with Crippen LogP contribution in [-0.4, -0.2) is 12.6 Å². The van der Waals surface area contributed by atoms with E-state index in [0.717, 1.165) is 19.0 Å². The van der Waals surface area contributed by atoms with E-state index in [1.54, 1.807) is 0 Å². The van der Waals surface area contributed by atoms with Crippen LogP contribution in [0.2, 0.25) is 0 Å². The summed E-state index contributed by atoms with van der Waals surface area (Å²) in [6.07, 6.45) is 5.58. The highest BCUT2D eigenvalue weighted by atomic mass is 15.2. The van der Waals surface area contributed by atoms with Crippen LogP contribution in [0, 0.1) is 0 Å². The summed E-state index contributed by atoms with van der Waals surface area (Å²) in [4.78, 5) is 2.42. The van der Waals surface area contributed by atoms with Crippen LogP contribution in [0.4, 0.5) is 5.69 Å². The van der Waals surface area contributed by atoms with Crippen LogP contribution in [0.15, 0.2) is 36.9 Å². The van der Waals surface area contributed by atoms with Crippen molar-refractivity contribution < 1.29 is 0 Å². The van der Waals surface area contributed by atoms with E-state index in [-0.39, 0.29) is 6.04 Å². The second-order valence-corrected chi connectivity index (χ2v) is 4.78. The number of hydrogen-bond acceptors (Lipinski definition) is 2. The number of hydrogen-bond donors (Lipinski definition) is 1. The van der Waals surface area contributed by atoms with Crippen LogP contribution < -0.4 is 10.6 Å². The van der Waals surface area contributed by atoms with Gasteiger partial charge < -0.3 is 10.6 Å². The minimum atomic E-state index is 0.165. The van der Waals surface area contributed by atoms with Crippen molar-refractivity contribution in [2.75, 3.05) is 11.4 Å². The van der Waals surface area contributed by atoms with Crippen LogP contribution in [0.1, 0.15) is 37.8 Å². The summed E-state index contributed by atoms with van der Waals surface area (Å²) in [5.41, 5.74) is 8.54. The number of nitrogens with two attached hydrogens (primary N) is 1. The molecule has 2 heteroatoms. The lowest BCUT2D eigenvalue weighted by Crippen LogP contribution is -2.25. The molecule has 1 aromatic carbocycles. The number of anilines is 1. The Balaban J connectivity index is 2.12. The monoisotopic (exact) mass is 230 g/mol. The van der Waals surface area contributed by atoms with E-state index in [9.17, 15) is 0 Å². The summed E-state index contributed by atoms with van der Waals surface area (Å²) in [5.74, 6) is 0. The molecule has 1 aliphatic rings. The lowest BCUT2D eigenvalue weighted by Gasteiger charge is -2.23. The van der Waals surface area contributed by atoms with Gasteiger partial charge in [0.1, 0.15) is 0 Å². The van der Waals surface area contributed by atoms with Gasteiger partial charge in [0.05, 0.1) is 0 Å². The van der Waals surface area contributed by atoms with E-state index in [1.807, 2.05) is 6.08 Å². The first-order chi connectivity index (χ1) is 8.26. The van der Waals surface area contributed by atoms with Gasteiger partial charge in [0, 0.05) is 24.3 Å². The first-order valence-corrected chi connectivity index (χ1v) is 6.49. The molecule has 2 nitrogen and oxygen atoms in total. The van der Waals surface area contributed by atoms with Gasteiger partial charge in [-0.1, -0.05) is 25.1 Å². The maximum Gasteiger partial charge on any atom is 0.0371 e. The van der Waals surface area contributed by atoms with E-state index in [4.69, 9.17) is 5.73 Å². The maximum atomic E-state index is 6.02. The summed E-state index contributed by atoms with van der Waals surface area (Å²) in [7, 11) is 0. The fourth-order valence-corrected chi connectivity index (χ4v) is 2.14. The molecule has 0 aromatic heterocycles. The average Bonchev–Trinajstić information content (AvgIpc) is 3.19. The molecule has 1 fully saturated rings. The van der Waals surface area contributed by atoms with Gasteiger partial charge >= 0.3 is 0 Å². The van der Waals surface area contributed by atoms with Crippen LogP contribution in [0.5, 0.6) is 0 Å². The van der Waals surface area contributed by atoms with E-state index >= 15 is 0 Å². The molecule has 2 rings (SSSR count). The molecule has 1 aromatic rings. The first-order valence-electron chi connectivity index (χ1n) is 6.49. The standard InChI is InChI=1S/C15H22N2/c1-3-11-17(14-9-10-14)13-7-5-12(6-8-13)15(16)4-2/h3,5-8,14-15H,1,4,9-11,16H2,2H3/t15-/m0/s1. The van der Waals surface area contributed by atoms with Crippen molar-refractivity contribution in [2.45, 2.75) is 38.3 Å². The highest BCUT2D eigenvalue weighted by Crippen LogP contribution is 2.32. The first kappa shape index (κ1) is 12.2. The quantitative estimate of drug-likeness (QED) is 0.760. The summed E-state index contributed by atoms with van der Waals surface area (Å²) in [5, 5.41) is 0. The SMILES string of the molecule is C=CCN(c1ccc([C@@H](N)CC)cc1)C1CC1. The molecule has 1 aliphatic carbocycles. The fourth-order valence-electron chi connectivity index (χ4n) is 2.14. The number of benzene rings is 1. The third-order valence-corrected chi connectivity index (χ3v) is 3.41. The Morgan fingerprint density at radius 1 is 1.41 bits per heavy atom. The molecule has 1 saturated carbocycles. The van der Waals surface area contributed by atoms with Crippen LogP contribution in [0.3, 0.4) is 0 Å². The Morgan fingerprint density at radius 3 is 2.53 bits per heavy atom. The Kier molecular flexibility index (Phi) is 3.85. The van der Waals surface area contributed by atoms with Crippen molar-refractivity contribution in [3.63, 3.8) is 0 Å². The van der Waals surface area contributed by atoms with Gasteiger partial charge in [0.15, 0.2) is 0 Å². The molecule has 0 heterocycles. The Labute approximate surface area is 104 Å². The zero-order valence-corrected chi connectivity index (χ0v) is 10.6. The van der Waals surface area contributed by atoms with E-state index in [0.29, 0.717) is 0 Å². The molecule has 2 N–H and O–H groups in total. The van der Waals surface area contributed by atoms with Gasteiger partial charge in [-0.2, -0.15) is 0 Å². The number of rotatable bonds is 6. The van der Waals surface area contributed by atoms with Gasteiger partial charge in [-0.05, 0) is 37.0 Å². The van der Waals surface area contributed by atoms with Crippen molar-refractivity contribution >= 4 is 5.69 Å². The molecular formula is C15H22N2. The van der Waals surface area contributed by atoms with Gasteiger partial charge in [-0.3, -0.25) is 0 Å². The highest BCUT2D eigenvalue weighted by Gasteiger charge is 2.28. The summed E-state index contributed by atoms with van der Waals surface area (Å²) >= 11 is 0. The molecule has 0 spiro atoms. The molecule has 0 unspecified atom stereocenters. The van der Waals surface area contributed by atoms with Gasteiger partial charge in [-0.25, -0.2) is 0 Å². The maximum absolute atomic E-state index is 6.02. The Hall–Kier alpha value is -1.28. The summed E-state index contributed by atoms with van der Waals surface area (Å²) in [6, 6.07) is 9.57. The minimum absolute atomic E-state index is 0.165. The lowest BCUT2D eigenvalue weighted by molar-refractivity contribution is 0.698. The fraction of sp³-hybridized carbons (Fsp3) is 0.467. The van der Waals surface area contributed by atoms with Crippen molar-refractivity contribution in [1.82, 2.24) is 0 Å². The smallest absolute Gasteiger partial charge is 0.0371 e. The lowest BCUT2D eigenvalue weighted by atomic mass is 10.1. The number of nitrogens with zero attached hydrogens (tertiary/aromatic N) is 1. The van der Waals surface area contributed by atoms with Crippen LogP contribution >= 0.6 is 0 Å². The van der Waals surface area contributed by atoms with Crippen molar-refractivity contribution in [3.8, 4) is 0 Å². The van der Waals surface area contributed by atoms with Crippen molar-refractivity contribution in [2.24, 2.45) is 5.73 Å². The average molecular weight is 230 g/mol. The molecule has 0 bridgehead atoms. The predicted molar refractivity (Wildman–Crippen MR) is 74.2 cm³/mol. The zero-order chi connectivity index (χ0) is 12.3. The van der Waals surface area contributed by atoms with Gasteiger partial charge in [0.2, 0.25) is 0 Å². The normalized spacial score (nSPS) is 16.6. The topological polar surface area (TPSA) is 29.3 Å². The molecule has 0 aliphatic heterocycles.